The van der Waals surface area contributed by atoms with Crippen LogP contribution in [0, 0.1) is 0 Å². The monoisotopic (exact) mass is 431 g/mol. The van der Waals surface area contributed by atoms with E-state index in [4.69, 9.17) is 11.6 Å². The van der Waals surface area contributed by atoms with Gasteiger partial charge in [0.05, 0.1) is 38.6 Å². The van der Waals surface area contributed by atoms with Crippen molar-refractivity contribution in [2.24, 2.45) is 0 Å². The molecule has 3 rings (SSSR count). The summed E-state index contributed by atoms with van der Waals surface area (Å²) in [5.74, 6) is 0. The van der Waals surface area contributed by atoms with E-state index in [-0.39, 0.29) is 0 Å². The van der Waals surface area contributed by atoms with Gasteiger partial charge in [0.2, 0.25) is 0 Å². The Bertz CT molecular complexity index is 790. The number of benzene rings is 2. The summed E-state index contributed by atoms with van der Waals surface area (Å²) in [5.41, 5.74) is 2.57. The third-order valence-corrected chi connectivity index (χ3v) is 7.22. The molecule has 0 N–H and O–H groups in total. The van der Waals surface area contributed by atoms with Crippen molar-refractivity contribution in [3.8, 4) is 0 Å². The van der Waals surface area contributed by atoms with Crippen molar-refractivity contribution in [2.75, 3.05) is 38.6 Å². The second-order valence-electron chi connectivity index (χ2n) is 8.84. The molecule has 0 spiro atoms. The molecule has 0 radical (unpaired) electrons. The Hall–Kier alpha value is -1.16. The van der Waals surface area contributed by atoms with E-state index >= 15 is 0 Å². The second kappa shape index (κ2) is 10.7. The van der Waals surface area contributed by atoms with Gasteiger partial charge in [-0.15, -0.1) is 0 Å². The van der Waals surface area contributed by atoms with Crippen LogP contribution < -0.4 is 4.90 Å². The predicted molar refractivity (Wildman–Crippen MR) is 129 cm³/mol. The molecule has 0 bridgehead atoms. The number of fused-ring (bicyclic) bond motifs is 2. The van der Waals surface area contributed by atoms with Crippen LogP contribution >= 0.6 is 23.4 Å². The Kier molecular flexibility index (Phi) is 8.35. The third kappa shape index (κ3) is 6.41. The summed E-state index contributed by atoms with van der Waals surface area (Å²) in [7, 11) is 4.77. The van der Waals surface area contributed by atoms with Gasteiger partial charge in [0.1, 0.15) is 0 Å². The Morgan fingerprint density at radius 2 is 1.52 bits per heavy atom. The Morgan fingerprint density at radius 1 is 0.828 bits per heavy atom. The molecule has 0 amide bonds. The van der Waals surface area contributed by atoms with Gasteiger partial charge in [-0.25, -0.2) is 0 Å². The van der Waals surface area contributed by atoms with Gasteiger partial charge in [0, 0.05) is 27.8 Å². The van der Waals surface area contributed by atoms with E-state index in [1.165, 1.54) is 79.2 Å². The number of hydrogen-bond donors (Lipinski definition) is 0. The molecule has 0 fully saturated rings. The molecule has 0 unspecified atom stereocenters. The number of rotatable bonds is 11. The van der Waals surface area contributed by atoms with E-state index in [2.05, 4.69) is 62.3 Å². The van der Waals surface area contributed by atoms with Crippen molar-refractivity contribution < 1.29 is 4.48 Å². The fourth-order valence-electron chi connectivity index (χ4n) is 4.13. The number of unbranched alkanes of at least 4 members (excludes halogenated alkanes) is 5. The van der Waals surface area contributed by atoms with Crippen molar-refractivity contribution in [2.45, 2.75) is 61.7 Å². The number of nitrogens with zero attached hydrogens (tertiary/aromatic N) is 2. The van der Waals surface area contributed by atoms with Crippen molar-refractivity contribution in [3.05, 3.63) is 47.5 Å². The van der Waals surface area contributed by atoms with E-state index in [0.717, 1.165) is 16.1 Å². The first-order valence-electron chi connectivity index (χ1n) is 11.2. The van der Waals surface area contributed by atoms with Crippen LogP contribution in [0.5, 0.6) is 0 Å². The molecular weight excluding hydrogens is 396 g/mol. The fraction of sp³-hybridized carbons (Fsp3) is 0.520. The van der Waals surface area contributed by atoms with Crippen LogP contribution in [-0.4, -0.2) is 38.2 Å². The van der Waals surface area contributed by atoms with Gasteiger partial charge in [0.25, 0.3) is 0 Å². The molecule has 4 heteroatoms. The maximum absolute atomic E-state index is 6.34. The summed E-state index contributed by atoms with van der Waals surface area (Å²) in [6.07, 6.45) is 9.41. The highest BCUT2D eigenvalue weighted by atomic mass is 35.5. The fourth-order valence-corrected chi connectivity index (χ4v) is 5.37. The highest BCUT2D eigenvalue weighted by Crippen LogP contribution is 2.48. The zero-order valence-electron chi connectivity index (χ0n) is 18.3. The van der Waals surface area contributed by atoms with Crippen LogP contribution in [-0.2, 0) is 0 Å². The first-order valence-corrected chi connectivity index (χ1v) is 12.4. The van der Waals surface area contributed by atoms with Crippen LogP contribution in [0.15, 0.2) is 52.3 Å². The summed E-state index contributed by atoms with van der Waals surface area (Å²) in [5, 5.41) is 0.813. The average molecular weight is 432 g/mol. The molecule has 1 aliphatic heterocycles. The zero-order chi connectivity index (χ0) is 20.7. The van der Waals surface area contributed by atoms with Gasteiger partial charge in [-0.1, -0.05) is 68.1 Å². The number of quaternary nitrogens is 1. The molecule has 1 aliphatic rings. The van der Waals surface area contributed by atoms with Gasteiger partial charge in [0.15, 0.2) is 0 Å². The van der Waals surface area contributed by atoms with Gasteiger partial charge >= 0.3 is 0 Å². The predicted octanol–water partition coefficient (Wildman–Crippen LogP) is 7.77. The van der Waals surface area contributed by atoms with E-state index < -0.39 is 0 Å². The molecule has 2 nitrogen and oxygen atoms in total. The van der Waals surface area contributed by atoms with Crippen LogP contribution in [0.1, 0.15) is 51.9 Å². The highest BCUT2D eigenvalue weighted by molar-refractivity contribution is 7.99. The normalized spacial score (nSPS) is 13.3. The van der Waals surface area contributed by atoms with Crippen molar-refractivity contribution in [3.63, 3.8) is 0 Å². The molecule has 0 aromatic heterocycles. The van der Waals surface area contributed by atoms with Crippen LogP contribution in [0.25, 0.3) is 0 Å². The summed E-state index contributed by atoms with van der Waals surface area (Å²) in [4.78, 5) is 5.11. The first kappa shape index (κ1) is 22.5. The molecule has 0 atom stereocenters. The molecule has 0 aliphatic carbocycles. The highest BCUT2D eigenvalue weighted by Gasteiger charge is 2.24. The summed E-state index contributed by atoms with van der Waals surface area (Å²) in [6, 6.07) is 15.0. The molecule has 0 saturated heterocycles. The number of para-hydroxylation sites is 1. The zero-order valence-corrected chi connectivity index (χ0v) is 19.9. The van der Waals surface area contributed by atoms with Crippen LogP contribution in [0.2, 0.25) is 5.02 Å². The third-order valence-electron chi connectivity index (χ3n) is 5.85. The lowest BCUT2D eigenvalue weighted by molar-refractivity contribution is -0.890. The van der Waals surface area contributed by atoms with Crippen molar-refractivity contribution in [1.29, 1.82) is 0 Å². The van der Waals surface area contributed by atoms with Gasteiger partial charge in [-0.05, 0) is 43.2 Å². The van der Waals surface area contributed by atoms with E-state index in [9.17, 15) is 0 Å². The lowest BCUT2D eigenvalue weighted by Gasteiger charge is -2.35. The molecule has 158 valence electrons. The molecule has 2 aromatic carbocycles. The van der Waals surface area contributed by atoms with Gasteiger partial charge < -0.3 is 9.38 Å². The SMILES string of the molecule is CCCCCCCC[N+](C)(C)CCCN1c2ccccc2Sc2ccc(Cl)cc21. The second-order valence-corrected chi connectivity index (χ2v) is 10.4. The number of anilines is 2. The molecule has 0 saturated carbocycles. The quantitative estimate of drug-likeness (QED) is 0.264. The van der Waals surface area contributed by atoms with Crippen molar-refractivity contribution >= 4 is 34.7 Å². The summed E-state index contributed by atoms with van der Waals surface area (Å²) >= 11 is 8.19. The largest absolute Gasteiger partial charge is 0.339 e. The summed E-state index contributed by atoms with van der Waals surface area (Å²) < 4.78 is 1.11. The lowest BCUT2D eigenvalue weighted by Crippen LogP contribution is -2.42. The maximum atomic E-state index is 6.34. The Labute approximate surface area is 186 Å². The number of hydrogen-bond acceptors (Lipinski definition) is 2. The first-order chi connectivity index (χ1) is 14.0. The lowest BCUT2D eigenvalue weighted by atomic mass is 10.1. The smallest absolute Gasteiger partial charge is 0.0799 e. The average Bonchev–Trinajstić information content (AvgIpc) is 2.70. The Morgan fingerprint density at radius 3 is 2.34 bits per heavy atom. The molecule has 2 aromatic rings. The van der Waals surface area contributed by atoms with E-state index in [1.54, 1.807) is 0 Å². The van der Waals surface area contributed by atoms with Gasteiger partial charge in [-0.3, -0.25) is 0 Å². The van der Waals surface area contributed by atoms with Crippen LogP contribution in [0.4, 0.5) is 11.4 Å². The minimum atomic E-state index is 0.813. The molecule has 1 heterocycles. The summed E-state index contributed by atoms with van der Waals surface area (Å²) in [6.45, 7) is 5.80. The molecular formula is C25H36ClN2S+. The van der Waals surface area contributed by atoms with E-state index in [0.29, 0.717) is 0 Å². The minimum absolute atomic E-state index is 0.813. The maximum Gasteiger partial charge on any atom is 0.0799 e. The van der Waals surface area contributed by atoms with Crippen LogP contribution in [0.3, 0.4) is 0 Å². The van der Waals surface area contributed by atoms with Crippen molar-refractivity contribution in [1.82, 2.24) is 0 Å². The molecule has 29 heavy (non-hydrogen) atoms. The van der Waals surface area contributed by atoms with Gasteiger partial charge in [-0.2, -0.15) is 0 Å². The minimum Gasteiger partial charge on any atom is -0.339 e. The number of halogens is 1. The topological polar surface area (TPSA) is 3.24 Å². The van der Waals surface area contributed by atoms with E-state index in [1.807, 2.05) is 17.8 Å². The Balaban J connectivity index is 1.57. The standard InChI is InChI=1S/C25H36ClN2S/c1-4-5-6-7-8-11-18-28(2,3)19-12-17-27-22-13-9-10-14-24(22)29-25-16-15-21(26)20-23(25)27/h9-10,13-16,20H,4-8,11-12,17-19H2,1-3H3/q+1.